The average Bonchev–Trinajstić information content (AvgIpc) is 2.75. The minimum Gasteiger partial charge on any atom is -0.338 e. The molecule has 0 amide bonds. The van der Waals surface area contributed by atoms with E-state index in [-0.39, 0.29) is 5.66 Å². The molecule has 0 bridgehead atoms. The van der Waals surface area contributed by atoms with Crippen LogP contribution in [0.2, 0.25) is 0 Å². The minimum absolute atomic E-state index is 0.255. The van der Waals surface area contributed by atoms with Gasteiger partial charge in [0.05, 0.1) is 0 Å². The van der Waals surface area contributed by atoms with E-state index in [1.54, 1.807) is 0 Å². The number of hydrazine groups is 1. The smallest absolute Gasteiger partial charge is 0.185 e. The zero-order valence-corrected chi connectivity index (χ0v) is 12.8. The maximum absolute atomic E-state index is 5.46. The molecular weight excluding hydrogens is 254 g/mol. The molecule has 1 fully saturated rings. The molecule has 1 heterocycles. The fraction of sp³-hybridized carbons (Fsp3) is 0.533. The zero-order valence-electron chi connectivity index (χ0n) is 11.9. The van der Waals surface area contributed by atoms with Crippen LogP contribution in [0, 0.1) is 5.92 Å². The summed E-state index contributed by atoms with van der Waals surface area (Å²) in [4.78, 5) is 0. The lowest BCUT2D eigenvalue weighted by Gasteiger charge is -2.29. The standard InChI is InChI=1S/C15H23N3S/c1-4-15(13-8-6-5-7-9-13)16-14(19)18(17-15)11-10-12(2)3/h5-9,12,17H,4,10-11H2,1-3H3,(H,16,19). The molecule has 1 aliphatic heterocycles. The van der Waals surface area contributed by atoms with Crippen LogP contribution in [-0.4, -0.2) is 16.7 Å². The monoisotopic (exact) mass is 277 g/mol. The third-order valence-corrected chi connectivity index (χ3v) is 3.94. The first-order valence-electron chi connectivity index (χ1n) is 7.00. The first-order chi connectivity index (χ1) is 9.07. The fourth-order valence-corrected chi connectivity index (χ4v) is 2.65. The second-order valence-electron chi connectivity index (χ2n) is 5.50. The molecule has 1 saturated heterocycles. The van der Waals surface area contributed by atoms with Crippen molar-refractivity contribution < 1.29 is 0 Å². The van der Waals surface area contributed by atoms with Gasteiger partial charge in [0.2, 0.25) is 0 Å². The maximum atomic E-state index is 5.46. The summed E-state index contributed by atoms with van der Waals surface area (Å²) in [7, 11) is 0. The molecule has 2 N–H and O–H groups in total. The number of benzene rings is 1. The summed E-state index contributed by atoms with van der Waals surface area (Å²) in [6.45, 7) is 7.58. The molecule has 0 spiro atoms. The molecule has 1 unspecified atom stereocenters. The highest BCUT2D eigenvalue weighted by molar-refractivity contribution is 7.80. The van der Waals surface area contributed by atoms with Gasteiger partial charge < -0.3 is 5.32 Å². The number of hydrogen-bond donors (Lipinski definition) is 2. The van der Waals surface area contributed by atoms with Crippen LogP contribution in [-0.2, 0) is 5.66 Å². The van der Waals surface area contributed by atoms with Crippen molar-refractivity contribution in [2.24, 2.45) is 5.92 Å². The Kier molecular flexibility index (Phi) is 4.42. The van der Waals surface area contributed by atoms with Gasteiger partial charge in [0.25, 0.3) is 0 Å². The van der Waals surface area contributed by atoms with Crippen molar-refractivity contribution in [2.75, 3.05) is 6.54 Å². The first kappa shape index (κ1) is 14.3. The second-order valence-corrected chi connectivity index (χ2v) is 5.89. The van der Waals surface area contributed by atoms with Gasteiger partial charge in [-0.15, -0.1) is 0 Å². The van der Waals surface area contributed by atoms with Crippen molar-refractivity contribution in [1.82, 2.24) is 15.8 Å². The van der Waals surface area contributed by atoms with Gasteiger partial charge in [0, 0.05) is 6.54 Å². The van der Waals surface area contributed by atoms with E-state index in [0.29, 0.717) is 5.92 Å². The first-order valence-corrected chi connectivity index (χ1v) is 7.41. The van der Waals surface area contributed by atoms with Crippen molar-refractivity contribution in [3.8, 4) is 0 Å². The quantitative estimate of drug-likeness (QED) is 0.809. The number of hydrogen-bond acceptors (Lipinski definition) is 2. The van der Waals surface area contributed by atoms with Crippen LogP contribution in [0.25, 0.3) is 0 Å². The summed E-state index contributed by atoms with van der Waals surface area (Å²) in [6, 6.07) is 10.4. The van der Waals surface area contributed by atoms with Crippen LogP contribution in [0.5, 0.6) is 0 Å². The Morgan fingerprint density at radius 1 is 1.26 bits per heavy atom. The topological polar surface area (TPSA) is 27.3 Å². The highest BCUT2D eigenvalue weighted by atomic mass is 32.1. The van der Waals surface area contributed by atoms with Crippen LogP contribution in [0.3, 0.4) is 0 Å². The molecule has 1 aromatic carbocycles. The Bertz CT molecular complexity index is 432. The maximum Gasteiger partial charge on any atom is 0.185 e. The van der Waals surface area contributed by atoms with Crippen molar-refractivity contribution in [3.63, 3.8) is 0 Å². The van der Waals surface area contributed by atoms with Gasteiger partial charge in [-0.3, -0.25) is 5.01 Å². The molecule has 3 nitrogen and oxygen atoms in total. The molecule has 0 radical (unpaired) electrons. The predicted molar refractivity (Wildman–Crippen MR) is 83.4 cm³/mol. The highest BCUT2D eigenvalue weighted by Gasteiger charge is 2.39. The summed E-state index contributed by atoms with van der Waals surface area (Å²) in [6.07, 6.45) is 2.07. The second kappa shape index (κ2) is 5.88. The molecule has 1 atom stereocenters. The molecule has 1 aromatic rings. The molecule has 104 valence electrons. The lowest BCUT2D eigenvalue weighted by Crippen LogP contribution is -2.48. The van der Waals surface area contributed by atoms with Gasteiger partial charge in [-0.05, 0) is 36.5 Å². The summed E-state index contributed by atoms with van der Waals surface area (Å²) in [5, 5.41) is 6.33. The van der Waals surface area contributed by atoms with E-state index in [0.717, 1.165) is 24.5 Å². The number of nitrogens with one attached hydrogen (secondary N) is 2. The van der Waals surface area contributed by atoms with Gasteiger partial charge in [-0.1, -0.05) is 51.1 Å². The summed E-state index contributed by atoms with van der Waals surface area (Å²) < 4.78 is 0. The molecule has 0 aliphatic carbocycles. The molecule has 19 heavy (non-hydrogen) atoms. The van der Waals surface area contributed by atoms with Crippen molar-refractivity contribution in [3.05, 3.63) is 35.9 Å². The van der Waals surface area contributed by atoms with Crippen LogP contribution in [0.15, 0.2) is 30.3 Å². The number of thiocarbonyl (C=S) groups is 1. The van der Waals surface area contributed by atoms with Gasteiger partial charge in [-0.25, -0.2) is 5.43 Å². The SMILES string of the molecule is CCC1(c2ccccc2)NC(=S)N(CCC(C)C)N1. The Morgan fingerprint density at radius 2 is 1.95 bits per heavy atom. The van der Waals surface area contributed by atoms with E-state index < -0.39 is 0 Å². The molecule has 0 aromatic heterocycles. The van der Waals surface area contributed by atoms with E-state index in [1.807, 2.05) is 6.07 Å². The van der Waals surface area contributed by atoms with Gasteiger partial charge in [0.1, 0.15) is 5.66 Å². The normalized spacial score (nSPS) is 22.9. The van der Waals surface area contributed by atoms with Crippen molar-refractivity contribution in [1.29, 1.82) is 0 Å². The number of nitrogens with zero attached hydrogens (tertiary/aromatic N) is 1. The molecular formula is C15H23N3S. The largest absolute Gasteiger partial charge is 0.338 e. The molecule has 1 aliphatic rings. The van der Waals surface area contributed by atoms with Gasteiger partial charge in [0.15, 0.2) is 5.11 Å². The Balaban J connectivity index is 2.14. The lowest BCUT2D eigenvalue weighted by atomic mass is 9.98. The Hall–Kier alpha value is -1.13. The van der Waals surface area contributed by atoms with Crippen molar-refractivity contribution >= 4 is 17.3 Å². The lowest BCUT2D eigenvalue weighted by molar-refractivity contribution is 0.205. The molecule has 2 rings (SSSR count). The van der Waals surface area contributed by atoms with Crippen LogP contribution in [0.4, 0.5) is 0 Å². The average molecular weight is 277 g/mol. The molecule has 0 saturated carbocycles. The predicted octanol–water partition coefficient (Wildman–Crippen LogP) is 2.99. The summed E-state index contributed by atoms with van der Waals surface area (Å²) in [5.41, 5.74) is 4.53. The Labute approximate surface area is 121 Å². The van der Waals surface area contributed by atoms with E-state index in [4.69, 9.17) is 12.2 Å². The zero-order chi connectivity index (χ0) is 13.9. The molecule has 4 heteroatoms. The number of rotatable bonds is 5. The van der Waals surface area contributed by atoms with Crippen LogP contribution in [0.1, 0.15) is 39.2 Å². The van der Waals surface area contributed by atoms with Gasteiger partial charge >= 0.3 is 0 Å². The third kappa shape index (κ3) is 3.07. The van der Waals surface area contributed by atoms with E-state index in [2.05, 4.69) is 60.8 Å². The van der Waals surface area contributed by atoms with Crippen molar-refractivity contribution in [2.45, 2.75) is 39.3 Å². The van der Waals surface area contributed by atoms with E-state index in [9.17, 15) is 0 Å². The van der Waals surface area contributed by atoms with Crippen LogP contribution >= 0.6 is 12.2 Å². The summed E-state index contributed by atoms with van der Waals surface area (Å²) >= 11 is 5.46. The fourth-order valence-electron chi connectivity index (χ4n) is 2.33. The third-order valence-electron chi connectivity index (χ3n) is 3.62. The van der Waals surface area contributed by atoms with E-state index >= 15 is 0 Å². The minimum atomic E-state index is -0.255. The Morgan fingerprint density at radius 3 is 2.53 bits per heavy atom. The van der Waals surface area contributed by atoms with E-state index in [1.165, 1.54) is 5.56 Å². The highest BCUT2D eigenvalue weighted by Crippen LogP contribution is 2.26. The van der Waals surface area contributed by atoms with Gasteiger partial charge in [-0.2, -0.15) is 0 Å². The van der Waals surface area contributed by atoms with Crippen LogP contribution < -0.4 is 10.7 Å². The summed E-state index contributed by atoms with van der Waals surface area (Å²) in [5.74, 6) is 0.679.